The van der Waals surface area contributed by atoms with Gasteiger partial charge < -0.3 is 19.4 Å². The summed E-state index contributed by atoms with van der Waals surface area (Å²) >= 11 is 0.889. The zero-order chi connectivity index (χ0) is 18.6. The number of rotatable bonds is 7. The van der Waals surface area contributed by atoms with Crippen LogP contribution in [-0.2, 0) is 9.59 Å². The maximum absolute atomic E-state index is 12.2. The summed E-state index contributed by atoms with van der Waals surface area (Å²) in [5.41, 5.74) is 0.632. The molecule has 0 saturated carbocycles. The third kappa shape index (κ3) is 4.33. The number of carboxylic acids is 1. The van der Waals surface area contributed by atoms with E-state index in [9.17, 15) is 19.5 Å². The van der Waals surface area contributed by atoms with E-state index >= 15 is 0 Å². The summed E-state index contributed by atoms with van der Waals surface area (Å²) in [6, 6.07) is 4.79. The third-order valence-electron chi connectivity index (χ3n) is 3.44. The maximum Gasteiger partial charge on any atom is 0.293 e. The highest BCUT2D eigenvalue weighted by atomic mass is 32.2. The predicted octanol–water partition coefficient (Wildman–Crippen LogP) is 1.66. The van der Waals surface area contributed by atoms with Crippen molar-refractivity contribution in [3.05, 3.63) is 28.7 Å². The molecule has 1 aromatic rings. The van der Waals surface area contributed by atoms with Gasteiger partial charge in [0.25, 0.3) is 11.1 Å². The second-order valence-corrected chi connectivity index (χ2v) is 6.32. The lowest BCUT2D eigenvalue weighted by Crippen LogP contribution is -2.37. The number of benzene rings is 1. The first-order valence-corrected chi connectivity index (χ1v) is 8.50. The van der Waals surface area contributed by atoms with Gasteiger partial charge in [0, 0.05) is 6.54 Å². The molecule has 1 aliphatic heterocycles. The highest BCUT2D eigenvalue weighted by molar-refractivity contribution is 8.18. The number of carbonyl (C=O) groups is 3. The summed E-state index contributed by atoms with van der Waals surface area (Å²) in [5, 5.41) is 10.5. The molecule has 0 spiro atoms. The fourth-order valence-corrected chi connectivity index (χ4v) is 3.04. The number of imide groups is 1. The summed E-state index contributed by atoms with van der Waals surface area (Å²) in [6.45, 7) is 3.63. The molecule has 1 aromatic carbocycles. The van der Waals surface area contributed by atoms with Gasteiger partial charge in [-0.05, 0) is 48.9 Å². The standard InChI is InChI=1S/C17H19NO6S/c1-4-7-18-15(19)14(25-17(18)22)9-11-5-6-12(13(8-11)23-3)24-10(2)16(20)21/h5-6,8-10H,4,7H2,1-3H3,(H,20,21)/p-1/b14-9+/t10-/m0/s1. The van der Waals surface area contributed by atoms with Crippen molar-refractivity contribution in [3.8, 4) is 11.5 Å². The Balaban J connectivity index is 2.25. The van der Waals surface area contributed by atoms with Gasteiger partial charge in [0.15, 0.2) is 11.5 Å². The van der Waals surface area contributed by atoms with Gasteiger partial charge in [0.05, 0.1) is 18.0 Å². The fourth-order valence-electron chi connectivity index (χ4n) is 2.18. The van der Waals surface area contributed by atoms with E-state index in [4.69, 9.17) is 9.47 Å². The Morgan fingerprint density at radius 3 is 2.68 bits per heavy atom. The normalized spacial score (nSPS) is 17.1. The SMILES string of the molecule is CCCN1C(=O)S/C(=C/c2ccc(O[C@@H](C)C(=O)[O-])c(OC)c2)C1=O. The fraction of sp³-hybridized carbons (Fsp3) is 0.353. The van der Waals surface area contributed by atoms with Crippen molar-refractivity contribution in [2.24, 2.45) is 0 Å². The van der Waals surface area contributed by atoms with Crippen molar-refractivity contribution in [3.63, 3.8) is 0 Å². The molecule has 0 bridgehead atoms. The first-order valence-electron chi connectivity index (χ1n) is 7.68. The molecule has 1 aliphatic rings. The van der Waals surface area contributed by atoms with E-state index < -0.39 is 12.1 Å². The maximum atomic E-state index is 12.2. The second-order valence-electron chi connectivity index (χ2n) is 5.32. The minimum atomic E-state index is -1.34. The van der Waals surface area contributed by atoms with E-state index in [0.717, 1.165) is 11.8 Å². The molecule has 25 heavy (non-hydrogen) atoms. The van der Waals surface area contributed by atoms with Crippen LogP contribution >= 0.6 is 11.8 Å². The zero-order valence-corrected chi connectivity index (χ0v) is 14.9. The molecule has 0 N–H and O–H groups in total. The Labute approximate surface area is 149 Å². The van der Waals surface area contributed by atoms with Crippen molar-refractivity contribution in [1.82, 2.24) is 4.90 Å². The first-order chi connectivity index (χ1) is 11.9. The van der Waals surface area contributed by atoms with Crippen LogP contribution in [0.4, 0.5) is 4.79 Å². The number of thioether (sulfide) groups is 1. The molecular weight excluding hydrogens is 346 g/mol. The molecule has 2 amide bonds. The van der Waals surface area contributed by atoms with E-state index in [1.807, 2.05) is 6.92 Å². The van der Waals surface area contributed by atoms with Gasteiger partial charge in [-0.15, -0.1) is 0 Å². The highest BCUT2D eigenvalue weighted by Crippen LogP contribution is 2.34. The van der Waals surface area contributed by atoms with Crippen LogP contribution in [0, 0.1) is 0 Å². The largest absolute Gasteiger partial charge is 0.546 e. The Morgan fingerprint density at radius 2 is 2.08 bits per heavy atom. The number of carbonyl (C=O) groups excluding carboxylic acids is 3. The lowest BCUT2D eigenvalue weighted by molar-refractivity contribution is -0.312. The number of hydrogen-bond donors (Lipinski definition) is 0. The van der Waals surface area contributed by atoms with Gasteiger partial charge in [-0.2, -0.15) is 0 Å². The quantitative estimate of drug-likeness (QED) is 0.679. The summed E-state index contributed by atoms with van der Waals surface area (Å²) in [6.07, 6.45) is 1.15. The van der Waals surface area contributed by atoms with Gasteiger partial charge in [0.1, 0.15) is 6.10 Å². The molecule has 1 saturated heterocycles. The van der Waals surface area contributed by atoms with Crippen LogP contribution in [0.25, 0.3) is 6.08 Å². The number of hydrogen-bond acceptors (Lipinski definition) is 7. The summed E-state index contributed by atoms with van der Waals surface area (Å²) in [5.74, 6) is -1.09. The van der Waals surface area contributed by atoms with Crippen LogP contribution in [0.5, 0.6) is 11.5 Å². The topological polar surface area (TPSA) is 96.0 Å². The van der Waals surface area contributed by atoms with Crippen molar-refractivity contribution < 1.29 is 29.0 Å². The summed E-state index contributed by atoms with van der Waals surface area (Å²) in [7, 11) is 1.42. The van der Waals surface area contributed by atoms with Gasteiger partial charge in [0.2, 0.25) is 0 Å². The van der Waals surface area contributed by atoms with E-state index in [1.165, 1.54) is 18.9 Å². The van der Waals surface area contributed by atoms with E-state index in [0.29, 0.717) is 29.2 Å². The van der Waals surface area contributed by atoms with Crippen LogP contribution in [-0.4, -0.2) is 41.8 Å². The lowest BCUT2D eigenvalue weighted by Gasteiger charge is -2.17. The molecule has 1 fully saturated rings. The average Bonchev–Trinajstić information content (AvgIpc) is 2.83. The molecule has 7 nitrogen and oxygen atoms in total. The van der Waals surface area contributed by atoms with E-state index in [-0.39, 0.29) is 16.9 Å². The van der Waals surface area contributed by atoms with Gasteiger partial charge in [-0.3, -0.25) is 14.5 Å². The molecule has 0 aromatic heterocycles. The van der Waals surface area contributed by atoms with Crippen LogP contribution in [0.1, 0.15) is 25.8 Å². The van der Waals surface area contributed by atoms with Gasteiger partial charge >= 0.3 is 0 Å². The molecule has 1 atom stereocenters. The van der Waals surface area contributed by atoms with Crippen LogP contribution in [0.3, 0.4) is 0 Å². The second kappa shape index (κ2) is 8.06. The molecular formula is C17H18NO6S-. The molecule has 8 heteroatoms. The van der Waals surface area contributed by atoms with Crippen molar-refractivity contribution in [2.75, 3.05) is 13.7 Å². The minimum absolute atomic E-state index is 0.246. The monoisotopic (exact) mass is 364 g/mol. The van der Waals surface area contributed by atoms with Gasteiger partial charge in [-0.25, -0.2) is 0 Å². The van der Waals surface area contributed by atoms with Crippen LogP contribution in [0.15, 0.2) is 23.1 Å². The zero-order valence-electron chi connectivity index (χ0n) is 14.1. The molecule has 0 radical (unpaired) electrons. The minimum Gasteiger partial charge on any atom is -0.546 e. The third-order valence-corrected chi connectivity index (χ3v) is 4.35. The Kier molecular flexibility index (Phi) is 6.08. The molecule has 0 unspecified atom stereocenters. The predicted molar refractivity (Wildman–Crippen MR) is 91.1 cm³/mol. The van der Waals surface area contributed by atoms with Crippen molar-refractivity contribution in [2.45, 2.75) is 26.4 Å². The van der Waals surface area contributed by atoms with E-state index in [1.54, 1.807) is 24.3 Å². The van der Waals surface area contributed by atoms with Gasteiger partial charge in [-0.1, -0.05) is 13.0 Å². The van der Waals surface area contributed by atoms with Crippen molar-refractivity contribution >= 4 is 35.0 Å². The number of amides is 2. The highest BCUT2D eigenvalue weighted by Gasteiger charge is 2.34. The average molecular weight is 364 g/mol. The summed E-state index contributed by atoms with van der Waals surface area (Å²) in [4.78, 5) is 36.4. The lowest BCUT2D eigenvalue weighted by atomic mass is 10.1. The number of ether oxygens (including phenoxy) is 2. The molecule has 2 rings (SSSR count). The number of carboxylic acid groups (broad SMARTS) is 1. The Hall–Kier alpha value is -2.48. The first kappa shape index (κ1) is 18.9. The van der Waals surface area contributed by atoms with Crippen LogP contribution in [0.2, 0.25) is 0 Å². The van der Waals surface area contributed by atoms with Crippen LogP contribution < -0.4 is 14.6 Å². The number of aliphatic carboxylic acids is 1. The Bertz CT molecular complexity index is 730. The Morgan fingerprint density at radius 1 is 1.36 bits per heavy atom. The smallest absolute Gasteiger partial charge is 0.293 e. The van der Waals surface area contributed by atoms with Crippen molar-refractivity contribution in [1.29, 1.82) is 0 Å². The summed E-state index contributed by atoms with van der Waals surface area (Å²) < 4.78 is 10.5. The van der Waals surface area contributed by atoms with E-state index in [2.05, 4.69) is 0 Å². The molecule has 0 aliphatic carbocycles. The molecule has 134 valence electrons. The number of methoxy groups -OCH3 is 1. The number of nitrogens with zero attached hydrogens (tertiary/aromatic N) is 1. The molecule has 1 heterocycles.